The third kappa shape index (κ3) is 3.36. The summed E-state index contributed by atoms with van der Waals surface area (Å²) in [6.45, 7) is 0. The van der Waals surface area contributed by atoms with Crippen molar-refractivity contribution >= 4 is 40.2 Å². The summed E-state index contributed by atoms with van der Waals surface area (Å²) in [5.74, 6) is -3.07. The normalized spacial score (nSPS) is 10.3. The zero-order valence-corrected chi connectivity index (χ0v) is 11.4. The summed E-state index contributed by atoms with van der Waals surface area (Å²) in [4.78, 5) is 35.4. The van der Waals surface area contributed by atoms with Crippen LogP contribution in [0.3, 0.4) is 0 Å². The van der Waals surface area contributed by atoms with Crippen LogP contribution in [0.4, 0.5) is 0 Å². The molecule has 0 unspecified atom stereocenters. The molecule has 0 bridgehead atoms. The summed E-state index contributed by atoms with van der Waals surface area (Å²) in [5.41, 5.74) is 0.452. The van der Waals surface area contributed by atoms with Gasteiger partial charge in [-0.3, -0.25) is 9.59 Å². The fraction of sp³-hybridized carbons (Fsp3) is 0.154. The molecule has 0 aliphatic carbocycles. The highest BCUT2D eigenvalue weighted by atomic mass is 32.1. The average molecular weight is 294 g/mol. The molecule has 0 aliphatic heterocycles. The van der Waals surface area contributed by atoms with E-state index in [1.165, 1.54) is 11.3 Å². The van der Waals surface area contributed by atoms with E-state index in [0.717, 1.165) is 9.75 Å². The number of carboxylic acid groups (broad SMARTS) is 1. The van der Waals surface area contributed by atoms with Crippen LogP contribution in [0.25, 0.3) is 0 Å². The minimum Gasteiger partial charge on any atom is -0.475 e. The number of carbonyl (C=O) groups is 3. The van der Waals surface area contributed by atoms with Crippen molar-refractivity contribution in [2.45, 2.75) is 12.8 Å². The molecule has 0 radical (unpaired) electrons. The number of carboxylic acids is 1. The second kappa shape index (κ2) is 5.90. The second-order valence-corrected chi connectivity index (χ2v) is 5.87. The van der Waals surface area contributed by atoms with Crippen molar-refractivity contribution in [3.63, 3.8) is 0 Å². The highest BCUT2D eigenvalue weighted by Crippen LogP contribution is 2.24. The van der Waals surface area contributed by atoms with Crippen molar-refractivity contribution in [2.75, 3.05) is 0 Å². The molecule has 0 aliphatic rings. The van der Waals surface area contributed by atoms with Gasteiger partial charge in [-0.15, -0.1) is 22.7 Å². The summed E-state index contributed by atoms with van der Waals surface area (Å²) in [6.07, 6.45) is 0.0567. The highest BCUT2D eigenvalue weighted by molar-refractivity contribution is 7.11. The van der Waals surface area contributed by atoms with Gasteiger partial charge in [-0.25, -0.2) is 4.79 Å². The molecule has 0 spiro atoms. The van der Waals surface area contributed by atoms with Gasteiger partial charge in [0.05, 0.1) is 6.42 Å². The summed E-state index contributed by atoms with van der Waals surface area (Å²) in [5, 5.41) is 12.2. The first-order valence-electron chi connectivity index (χ1n) is 5.46. The van der Waals surface area contributed by atoms with Gasteiger partial charge < -0.3 is 5.11 Å². The number of hydrogen-bond donors (Lipinski definition) is 1. The zero-order valence-electron chi connectivity index (χ0n) is 9.79. The van der Waals surface area contributed by atoms with E-state index in [2.05, 4.69) is 0 Å². The molecule has 2 aromatic heterocycles. The van der Waals surface area contributed by atoms with Gasteiger partial charge in [0, 0.05) is 21.7 Å². The van der Waals surface area contributed by atoms with Crippen molar-refractivity contribution in [1.82, 2.24) is 0 Å². The monoisotopic (exact) mass is 294 g/mol. The van der Waals surface area contributed by atoms with E-state index < -0.39 is 24.0 Å². The molecular formula is C13H10O4S2. The highest BCUT2D eigenvalue weighted by Gasteiger charge is 2.20. The smallest absolute Gasteiger partial charge is 0.372 e. The lowest BCUT2D eigenvalue weighted by molar-refractivity contribution is -0.148. The van der Waals surface area contributed by atoms with E-state index in [-0.39, 0.29) is 0 Å². The Morgan fingerprint density at radius 3 is 2.53 bits per heavy atom. The SMILES string of the molecule is O=C(O)C(=O)CC(=O)c1ccsc1Cc1cccs1. The van der Waals surface area contributed by atoms with Crippen LogP contribution >= 0.6 is 22.7 Å². The van der Waals surface area contributed by atoms with Crippen LogP contribution in [0.1, 0.15) is 26.5 Å². The van der Waals surface area contributed by atoms with Crippen molar-refractivity contribution in [3.8, 4) is 0 Å². The summed E-state index contributed by atoms with van der Waals surface area (Å²) >= 11 is 3.03. The maximum Gasteiger partial charge on any atom is 0.372 e. The Balaban J connectivity index is 2.13. The lowest BCUT2D eigenvalue weighted by atomic mass is 10.1. The molecule has 2 rings (SSSR count). The van der Waals surface area contributed by atoms with Gasteiger partial charge in [0.15, 0.2) is 5.78 Å². The molecule has 0 atom stereocenters. The summed E-state index contributed by atoms with van der Waals surface area (Å²) in [6, 6.07) is 5.55. The number of hydrogen-bond acceptors (Lipinski definition) is 5. The van der Waals surface area contributed by atoms with Gasteiger partial charge >= 0.3 is 5.97 Å². The number of ketones is 2. The molecule has 4 nitrogen and oxygen atoms in total. The molecule has 2 aromatic rings. The predicted octanol–water partition coefficient (Wildman–Crippen LogP) is 2.63. The molecule has 0 saturated heterocycles. The first-order valence-corrected chi connectivity index (χ1v) is 7.22. The van der Waals surface area contributed by atoms with Crippen molar-refractivity contribution in [1.29, 1.82) is 0 Å². The average Bonchev–Trinajstić information content (AvgIpc) is 3.00. The van der Waals surface area contributed by atoms with E-state index in [1.54, 1.807) is 22.8 Å². The van der Waals surface area contributed by atoms with Gasteiger partial charge in [0.1, 0.15) is 0 Å². The number of carbonyl (C=O) groups excluding carboxylic acids is 2. The summed E-state index contributed by atoms with van der Waals surface area (Å²) < 4.78 is 0. The van der Waals surface area contributed by atoms with Crippen molar-refractivity contribution in [3.05, 3.63) is 44.3 Å². The Morgan fingerprint density at radius 1 is 1.11 bits per heavy atom. The zero-order chi connectivity index (χ0) is 13.8. The van der Waals surface area contributed by atoms with E-state index in [4.69, 9.17) is 5.11 Å². The van der Waals surface area contributed by atoms with Gasteiger partial charge in [0.2, 0.25) is 5.78 Å². The van der Waals surface area contributed by atoms with Crippen LogP contribution in [0.5, 0.6) is 0 Å². The van der Waals surface area contributed by atoms with Crippen molar-refractivity contribution in [2.24, 2.45) is 0 Å². The minimum absolute atomic E-state index is 0.430. The maximum atomic E-state index is 11.9. The molecule has 0 amide bonds. The molecule has 19 heavy (non-hydrogen) atoms. The van der Waals surface area contributed by atoms with Gasteiger partial charge in [-0.2, -0.15) is 0 Å². The van der Waals surface area contributed by atoms with Crippen LogP contribution in [-0.4, -0.2) is 22.6 Å². The van der Waals surface area contributed by atoms with E-state index in [9.17, 15) is 14.4 Å². The standard InChI is InChI=1S/C13H10O4S2/c14-10(7-11(15)13(16)17)9-3-5-19-12(9)6-8-2-1-4-18-8/h1-5H,6-7H2,(H,16,17). The van der Waals surface area contributed by atoms with Gasteiger partial charge in [-0.1, -0.05) is 6.07 Å². The second-order valence-electron chi connectivity index (χ2n) is 3.84. The molecular weight excluding hydrogens is 284 g/mol. The van der Waals surface area contributed by atoms with Crippen LogP contribution in [0, 0.1) is 0 Å². The lowest BCUT2D eigenvalue weighted by Crippen LogP contribution is -2.17. The molecule has 0 fully saturated rings. The van der Waals surface area contributed by atoms with Crippen LogP contribution in [0.2, 0.25) is 0 Å². The molecule has 1 N–H and O–H groups in total. The molecule has 6 heteroatoms. The number of Topliss-reactive ketones (excluding diaryl/α,β-unsaturated/α-hetero) is 2. The Kier molecular flexibility index (Phi) is 4.24. The largest absolute Gasteiger partial charge is 0.475 e. The van der Waals surface area contributed by atoms with Crippen molar-refractivity contribution < 1.29 is 19.5 Å². The van der Waals surface area contributed by atoms with E-state index in [1.807, 2.05) is 17.5 Å². The fourth-order valence-electron chi connectivity index (χ4n) is 1.61. The topological polar surface area (TPSA) is 71.4 Å². The quantitative estimate of drug-likeness (QED) is 0.505. The molecule has 0 aromatic carbocycles. The number of thiophene rings is 2. The van der Waals surface area contributed by atoms with Gasteiger partial charge in [-0.05, 0) is 22.9 Å². The molecule has 98 valence electrons. The van der Waals surface area contributed by atoms with E-state index >= 15 is 0 Å². The van der Waals surface area contributed by atoms with E-state index in [0.29, 0.717) is 12.0 Å². The maximum absolute atomic E-state index is 11.9. The molecule has 0 saturated carbocycles. The lowest BCUT2D eigenvalue weighted by Gasteiger charge is -2.00. The summed E-state index contributed by atoms with van der Waals surface area (Å²) in [7, 11) is 0. The van der Waals surface area contributed by atoms with Crippen LogP contribution < -0.4 is 0 Å². The van der Waals surface area contributed by atoms with Crippen LogP contribution in [0.15, 0.2) is 29.0 Å². The first kappa shape index (κ1) is 13.6. The Labute approximate surface area is 117 Å². The third-order valence-electron chi connectivity index (χ3n) is 2.52. The van der Waals surface area contributed by atoms with Crippen LogP contribution in [-0.2, 0) is 16.0 Å². The predicted molar refractivity (Wildman–Crippen MR) is 73.0 cm³/mol. The Bertz CT molecular complexity index is 610. The third-order valence-corrected chi connectivity index (χ3v) is 4.32. The Morgan fingerprint density at radius 2 is 1.89 bits per heavy atom. The first-order chi connectivity index (χ1) is 9.08. The van der Waals surface area contributed by atoms with Gasteiger partial charge in [0.25, 0.3) is 0 Å². The molecule has 2 heterocycles. The minimum atomic E-state index is -1.57. The fourth-order valence-corrected chi connectivity index (χ4v) is 3.34. The number of rotatable bonds is 6. The Hall–Kier alpha value is -1.79. The number of aliphatic carboxylic acids is 1.